The summed E-state index contributed by atoms with van der Waals surface area (Å²) in [5.74, 6) is 2.15. The van der Waals surface area contributed by atoms with Crippen LogP contribution in [0.4, 0.5) is 0 Å². The molecule has 0 radical (unpaired) electrons. The molecule has 0 bridgehead atoms. The lowest BCUT2D eigenvalue weighted by molar-refractivity contribution is 0.363. The van der Waals surface area contributed by atoms with Crippen molar-refractivity contribution in [3.8, 4) is 0 Å². The van der Waals surface area contributed by atoms with Gasteiger partial charge in [0.1, 0.15) is 0 Å². The van der Waals surface area contributed by atoms with E-state index in [-0.39, 0.29) is 0 Å². The predicted octanol–water partition coefficient (Wildman–Crippen LogP) is 2.71. The maximum Gasteiger partial charge on any atom is 0.0126 e. The van der Waals surface area contributed by atoms with E-state index in [1.807, 2.05) is 0 Å². The van der Waals surface area contributed by atoms with Gasteiger partial charge in [-0.3, -0.25) is 0 Å². The third-order valence-corrected chi connectivity index (χ3v) is 4.04. The first kappa shape index (κ1) is 8.28. The van der Waals surface area contributed by atoms with Crippen LogP contribution < -0.4 is 5.32 Å². The molecule has 0 aromatic carbocycles. The first-order chi connectivity index (χ1) is 6.43. The quantitative estimate of drug-likeness (QED) is 0.699. The molecule has 0 aliphatic heterocycles. The van der Waals surface area contributed by atoms with Gasteiger partial charge in [-0.1, -0.05) is 12.8 Å². The summed E-state index contributed by atoms with van der Waals surface area (Å²) in [6, 6.07) is 1.83. The molecule has 3 saturated carbocycles. The lowest BCUT2D eigenvalue weighted by Crippen LogP contribution is -2.39. The summed E-state index contributed by atoms with van der Waals surface area (Å²) in [6.45, 7) is 0. The van der Waals surface area contributed by atoms with Crippen LogP contribution in [0.15, 0.2) is 0 Å². The number of rotatable bonds is 4. The second kappa shape index (κ2) is 3.27. The first-order valence-corrected chi connectivity index (χ1v) is 6.19. The van der Waals surface area contributed by atoms with Gasteiger partial charge in [-0.15, -0.1) is 0 Å². The molecule has 1 nitrogen and oxygen atoms in total. The molecule has 0 saturated heterocycles. The van der Waals surface area contributed by atoms with Crippen molar-refractivity contribution >= 4 is 0 Å². The highest BCUT2D eigenvalue weighted by molar-refractivity contribution is 4.98. The van der Waals surface area contributed by atoms with Crippen molar-refractivity contribution in [3.63, 3.8) is 0 Å². The monoisotopic (exact) mass is 179 g/mol. The Morgan fingerprint density at radius 2 is 1.31 bits per heavy atom. The molecule has 13 heavy (non-hydrogen) atoms. The van der Waals surface area contributed by atoms with Gasteiger partial charge in [-0.05, 0) is 50.4 Å². The van der Waals surface area contributed by atoms with Crippen molar-refractivity contribution < 1.29 is 0 Å². The van der Waals surface area contributed by atoms with Crippen molar-refractivity contribution in [3.05, 3.63) is 0 Å². The van der Waals surface area contributed by atoms with Crippen LogP contribution in [0.1, 0.15) is 51.4 Å². The fraction of sp³-hybridized carbons (Fsp3) is 1.00. The Bertz CT molecular complexity index is 164. The van der Waals surface area contributed by atoms with Gasteiger partial charge in [0.2, 0.25) is 0 Å². The van der Waals surface area contributed by atoms with Gasteiger partial charge in [0.15, 0.2) is 0 Å². The third kappa shape index (κ3) is 1.90. The summed E-state index contributed by atoms with van der Waals surface area (Å²) in [5, 5.41) is 3.94. The highest BCUT2D eigenvalue weighted by Gasteiger charge is 2.42. The second-order valence-electron chi connectivity index (χ2n) is 5.35. The van der Waals surface area contributed by atoms with E-state index in [1.165, 1.54) is 51.4 Å². The highest BCUT2D eigenvalue weighted by atomic mass is 15.0. The molecule has 0 unspecified atom stereocenters. The average Bonchev–Trinajstić information content (AvgIpc) is 3.04. The van der Waals surface area contributed by atoms with Gasteiger partial charge in [-0.2, -0.15) is 0 Å². The van der Waals surface area contributed by atoms with E-state index < -0.39 is 0 Å². The summed E-state index contributed by atoms with van der Waals surface area (Å²) in [5.41, 5.74) is 0. The van der Waals surface area contributed by atoms with Gasteiger partial charge in [-0.25, -0.2) is 0 Å². The minimum absolute atomic E-state index is 0.895. The van der Waals surface area contributed by atoms with Crippen LogP contribution in [0.5, 0.6) is 0 Å². The topological polar surface area (TPSA) is 12.0 Å². The summed E-state index contributed by atoms with van der Waals surface area (Å²) >= 11 is 0. The summed E-state index contributed by atoms with van der Waals surface area (Å²) in [4.78, 5) is 0. The molecule has 0 aromatic heterocycles. The lowest BCUT2D eigenvalue weighted by atomic mass is 10.1. The first-order valence-electron chi connectivity index (χ1n) is 6.19. The summed E-state index contributed by atoms with van der Waals surface area (Å²) in [7, 11) is 0. The van der Waals surface area contributed by atoms with Crippen LogP contribution in [0, 0.1) is 11.8 Å². The zero-order valence-electron chi connectivity index (χ0n) is 8.47. The largest absolute Gasteiger partial charge is 0.311 e. The Morgan fingerprint density at radius 3 is 1.77 bits per heavy atom. The van der Waals surface area contributed by atoms with E-state index in [0.717, 1.165) is 23.9 Å². The van der Waals surface area contributed by atoms with E-state index in [2.05, 4.69) is 5.32 Å². The lowest BCUT2D eigenvalue weighted by Gasteiger charge is -2.22. The normalized spacial score (nSPS) is 30.2. The molecule has 1 N–H and O–H groups in total. The van der Waals surface area contributed by atoms with Gasteiger partial charge >= 0.3 is 0 Å². The van der Waals surface area contributed by atoms with Crippen molar-refractivity contribution in [2.45, 2.75) is 63.5 Å². The highest BCUT2D eigenvalue weighted by Crippen LogP contribution is 2.45. The molecule has 0 amide bonds. The van der Waals surface area contributed by atoms with Crippen molar-refractivity contribution in [1.29, 1.82) is 0 Å². The van der Waals surface area contributed by atoms with E-state index in [1.54, 1.807) is 0 Å². The Labute approximate surface area is 81.3 Å². The fourth-order valence-electron chi connectivity index (χ4n) is 2.93. The molecule has 1 heteroatoms. The Morgan fingerprint density at radius 1 is 0.769 bits per heavy atom. The molecule has 0 spiro atoms. The predicted molar refractivity (Wildman–Crippen MR) is 54.6 cm³/mol. The molecular weight excluding hydrogens is 158 g/mol. The molecule has 3 aliphatic carbocycles. The Hall–Kier alpha value is -0.0400. The molecular formula is C12H21N. The maximum atomic E-state index is 3.94. The third-order valence-electron chi connectivity index (χ3n) is 4.04. The average molecular weight is 179 g/mol. The summed E-state index contributed by atoms with van der Waals surface area (Å²) in [6.07, 6.45) is 11.9. The van der Waals surface area contributed by atoms with E-state index >= 15 is 0 Å². The van der Waals surface area contributed by atoms with Gasteiger partial charge in [0.05, 0.1) is 0 Å². The second-order valence-corrected chi connectivity index (χ2v) is 5.35. The molecule has 3 rings (SSSR count). The van der Waals surface area contributed by atoms with E-state index in [0.29, 0.717) is 0 Å². The number of nitrogens with one attached hydrogen (secondary N) is 1. The van der Waals surface area contributed by atoms with E-state index in [4.69, 9.17) is 0 Å². The SMILES string of the molecule is C1CCC(NC(C2CC2)C2CC2)C1. The number of hydrogen-bond acceptors (Lipinski definition) is 1. The summed E-state index contributed by atoms with van der Waals surface area (Å²) < 4.78 is 0. The van der Waals surface area contributed by atoms with Gasteiger partial charge < -0.3 is 5.32 Å². The zero-order valence-corrected chi connectivity index (χ0v) is 8.47. The van der Waals surface area contributed by atoms with Crippen LogP contribution in [0.3, 0.4) is 0 Å². The minimum atomic E-state index is 0.895. The molecule has 74 valence electrons. The van der Waals surface area contributed by atoms with Crippen LogP contribution >= 0.6 is 0 Å². The van der Waals surface area contributed by atoms with Crippen LogP contribution in [-0.2, 0) is 0 Å². The van der Waals surface area contributed by atoms with Crippen molar-refractivity contribution in [1.82, 2.24) is 5.32 Å². The van der Waals surface area contributed by atoms with E-state index in [9.17, 15) is 0 Å². The maximum absolute atomic E-state index is 3.94. The molecule has 3 fully saturated rings. The van der Waals surface area contributed by atoms with Crippen LogP contribution in [0.2, 0.25) is 0 Å². The molecule has 0 aromatic rings. The Kier molecular flexibility index (Phi) is 2.08. The zero-order chi connectivity index (χ0) is 8.67. The molecule has 0 heterocycles. The van der Waals surface area contributed by atoms with Crippen molar-refractivity contribution in [2.75, 3.05) is 0 Å². The fourth-order valence-corrected chi connectivity index (χ4v) is 2.93. The smallest absolute Gasteiger partial charge is 0.0126 e. The van der Waals surface area contributed by atoms with Gasteiger partial charge in [0.25, 0.3) is 0 Å². The Balaban J connectivity index is 1.54. The minimum Gasteiger partial charge on any atom is -0.311 e. The molecule has 3 aliphatic rings. The number of hydrogen-bond donors (Lipinski definition) is 1. The van der Waals surface area contributed by atoms with Crippen LogP contribution in [0.25, 0.3) is 0 Å². The standard InChI is InChI=1S/C12H21N/c1-2-4-11(3-1)13-12(9-5-6-9)10-7-8-10/h9-13H,1-8H2. The van der Waals surface area contributed by atoms with Gasteiger partial charge in [0, 0.05) is 12.1 Å². The molecule has 0 atom stereocenters. The van der Waals surface area contributed by atoms with Crippen LogP contribution in [-0.4, -0.2) is 12.1 Å². The van der Waals surface area contributed by atoms with Crippen molar-refractivity contribution in [2.24, 2.45) is 11.8 Å².